The summed E-state index contributed by atoms with van der Waals surface area (Å²) >= 11 is 6.14. The molecule has 3 aromatic rings. The standard InChI is InChI=1S/C18H13ClF3NO2S/c19-15-8-2-5-13-6-3-9-16(17(13)15)26(24,25)23-11-12-4-1-7-14(10-12)18(20,21)22/h1-10,23H,11H2. The Bertz CT molecular complexity index is 1060. The van der Waals surface area contributed by atoms with E-state index in [0.29, 0.717) is 10.8 Å². The van der Waals surface area contributed by atoms with Crippen LogP contribution in [0.2, 0.25) is 5.02 Å². The number of hydrogen-bond donors (Lipinski definition) is 1. The Hall–Kier alpha value is -2.09. The van der Waals surface area contributed by atoms with Crippen LogP contribution in [0.1, 0.15) is 11.1 Å². The van der Waals surface area contributed by atoms with Crippen molar-refractivity contribution in [3.63, 3.8) is 0 Å². The van der Waals surface area contributed by atoms with Crippen LogP contribution in [0.5, 0.6) is 0 Å². The fraction of sp³-hybridized carbons (Fsp3) is 0.111. The van der Waals surface area contributed by atoms with Crippen LogP contribution >= 0.6 is 11.6 Å². The minimum absolute atomic E-state index is 0.0208. The molecule has 0 atom stereocenters. The third-order valence-corrected chi connectivity index (χ3v) is 5.58. The van der Waals surface area contributed by atoms with Gasteiger partial charge in [-0.1, -0.05) is 54.1 Å². The van der Waals surface area contributed by atoms with E-state index in [1.807, 2.05) is 0 Å². The number of hydrogen-bond acceptors (Lipinski definition) is 2. The first-order chi connectivity index (χ1) is 12.2. The van der Waals surface area contributed by atoms with Crippen molar-refractivity contribution in [2.75, 3.05) is 0 Å². The van der Waals surface area contributed by atoms with Crippen LogP contribution in [-0.2, 0) is 22.7 Å². The van der Waals surface area contributed by atoms with E-state index in [-0.39, 0.29) is 22.0 Å². The first kappa shape index (κ1) is 18.7. The highest BCUT2D eigenvalue weighted by Crippen LogP contribution is 2.31. The number of halogens is 4. The molecule has 0 saturated carbocycles. The van der Waals surface area contributed by atoms with Crippen molar-refractivity contribution in [2.24, 2.45) is 0 Å². The molecule has 136 valence electrons. The minimum Gasteiger partial charge on any atom is -0.207 e. The fourth-order valence-electron chi connectivity index (χ4n) is 2.60. The normalized spacial score (nSPS) is 12.5. The molecular weight excluding hydrogens is 387 g/mol. The van der Waals surface area contributed by atoms with Crippen LogP contribution in [0.15, 0.2) is 65.6 Å². The highest BCUT2D eigenvalue weighted by molar-refractivity contribution is 7.89. The Morgan fingerprint density at radius 1 is 0.962 bits per heavy atom. The lowest BCUT2D eigenvalue weighted by Gasteiger charge is -2.12. The fourth-order valence-corrected chi connectivity index (χ4v) is 4.21. The van der Waals surface area contributed by atoms with E-state index in [9.17, 15) is 21.6 Å². The lowest BCUT2D eigenvalue weighted by molar-refractivity contribution is -0.137. The molecule has 0 radical (unpaired) electrons. The van der Waals surface area contributed by atoms with Crippen LogP contribution in [-0.4, -0.2) is 8.42 Å². The third kappa shape index (κ3) is 3.85. The molecule has 0 amide bonds. The quantitative estimate of drug-likeness (QED) is 0.671. The zero-order valence-electron chi connectivity index (χ0n) is 13.2. The second kappa shape index (κ2) is 6.90. The summed E-state index contributed by atoms with van der Waals surface area (Å²) in [5.41, 5.74) is -0.628. The third-order valence-electron chi connectivity index (χ3n) is 3.83. The van der Waals surface area contributed by atoms with E-state index in [0.717, 1.165) is 12.1 Å². The molecule has 0 aliphatic heterocycles. The monoisotopic (exact) mass is 399 g/mol. The highest BCUT2D eigenvalue weighted by atomic mass is 35.5. The smallest absolute Gasteiger partial charge is 0.207 e. The van der Waals surface area contributed by atoms with Crippen molar-refractivity contribution in [3.05, 3.63) is 76.8 Å². The lowest BCUT2D eigenvalue weighted by Crippen LogP contribution is -2.23. The summed E-state index contributed by atoms with van der Waals surface area (Å²) in [6, 6.07) is 14.2. The van der Waals surface area contributed by atoms with Gasteiger partial charge in [0, 0.05) is 17.0 Å². The predicted octanol–water partition coefficient (Wildman–Crippen LogP) is 4.99. The zero-order valence-corrected chi connectivity index (χ0v) is 14.8. The summed E-state index contributed by atoms with van der Waals surface area (Å²) in [6.45, 7) is -0.271. The number of sulfonamides is 1. The molecule has 3 rings (SSSR count). The molecule has 0 aliphatic rings. The molecule has 3 nitrogen and oxygen atoms in total. The Morgan fingerprint density at radius 3 is 2.31 bits per heavy atom. The second-order valence-corrected chi connectivity index (χ2v) is 7.76. The number of nitrogens with one attached hydrogen (secondary N) is 1. The molecule has 0 unspecified atom stereocenters. The average molecular weight is 400 g/mol. The lowest BCUT2D eigenvalue weighted by atomic mass is 10.1. The maximum absolute atomic E-state index is 12.8. The Kier molecular flexibility index (Phi) is 4.96. The molecule has 0 aliphatic carbocycles. The van der Waals surface area contributed by atoms with Gasteiger partial charge in [-0.2, -0.15) is 13.2 Å². The number of benzene rings is 3. The Morgan fingerprint density at radius 2 is 1.62 bits per heavy atom. The van der Waals surface area contributed by atoms with Crippen molar-refractivity contribution in [1.82, 2.24) is 4.72 Å². The molecule has 3 aromatic carbocycles. The SMILES string of the molecule is O=S(=O)(NCc1cccc(C(F)(F)F)c1)c1cccc2cccc(Cl)c12. The summed E-state index contributed by atoms with van der Waals surface area (Å²) in [4.78, 5) is -0.0208. The minimum atomic E-state index is -4.49. The van der Waals surface area contributed by atoms with E-state index in [2.05, 4.69) is 4.72 Å². The van der Waals surface area contributed by atoms with Crippen LogP contribution in [0, 0.1) is 0 Å². The van der Waals surface area contributed by atoms with Crippen molar-refractivity contribution in [3.8, 4) is 0 Å². The van der Waals surface area contributed by atoms with Gasteiger partial charge >= 0.3 is 6.18 Å². The highest BCUT2D eigenvalue weighted by Gasteiger charge is 2.30. The number of fused-ring (bicyclic) bond motifs is 1. The van der Waals surface area contributed by atoms with Gasteiger partial charge in [0.05, 0.1) is 10.5 Å². The summed E-state index contributed by atoms with van der Waals surface area (Å²) in [6.07, 6.45) is -4.49. The molecule has 0 fully saturated rings. The molecule has 8 heteroatoms. The molecule has 0 bridgehead atoms. The summed E-state index contributed by atoms with van der Waals surface area (Å²) in [5.74, 6) is 0. The van der Waals surface area contributed by atoms with Gasteiger partial charge in [0.1, 0.15) is 0 Å². The Labute approximate surface area is 153 Å². The Balaban J connectivity index is 1.92. The van der Waals surface area contributed by atoms with Gasteiger partial charge in [0.25, 0.3) is 0 Å². The van der Waals surface area contributed by atoms with Gasteiger partial charge in [-0.3, -0.25) is 0 Å². The predicted molar refractivity (Wildman–Crippen MR) is 94.4 cm³/mol. The van der Waals surface area contributed by atoms with Crippen molar-refractivity contribution < 1.29 is 21.6 Å². The summed E-state index contributed by atoms with van der Waals surface area (Å²) in [5, 5.41) is 1.30. The van der Waals surface area contributed by atoms with Gasteiger partial charge in [-0.25, -0.2) is 13.1 Å². The van der Waals surface area contributed by atoms with Gasteiger partial charge in [-0.05, 0) is 29.1 Å². The van der Waals surface area contributed by atoms with Gasteiger partial charge in [-0.15, -0.1) is 0 Å². The van der Waals surface area contributed by atoms with E-state index in [4.69, 9.17) is 11.6 Å². The van der Waals surface area contributed by atoms with Gasteiger partial charge in [0.2, 0.25) is 10.0 Å². The van der Waals surface area contributed by atoms with E-state index >= 15 is 0 Å². The van der Waals surface area contributed by atoms with Crippen molar-refractivity contribution in [2.45, 2.75) is 17.6 Å². The van der Waals surface area contributed by atoms with Gasteiger partial charge in [0.15, 0.2) is 0 Å². The summed E-state index contributed by atoms with van der Waals surface area (Å²) in [7, 11) is -3.97. The molecule has 1 N–H and O–H groups in total. The van der Waals surface area contributed by atoms with E-state index in [1.54, 1.807) is 30.3 Å². The van der Waals surface area contributed by atoms with Crippen molar-refractivity contribution >= 4 is 32.4 Å². The van der Waals surface area contributed by atoms with Crippen molar-refractivity contribution in [1.29, 1.82) is 0 Å². The van der Waals surface area contributed by atoms with Crippen LogP contribution < -0.4 is 4.72 Å². The number of alkyl halides is 3. The molecule has 0 aromatic heterocycles. The second-order valence-electron chi connectivity index (χ2n) is 5.62. The van der Waals surface area contributed by atoms with Gasteiger partial charge < -0.3 is 0 Å². The maximum atomic E-state index is 12.8. The topological polar surface area (TPSA) is 46.2 Å². The molecular formula is C18H13ClF3NO2S. The molecule has 0 saturated heterocycles. The van der Waals surface area contributed by atoms with Crippen LogP contribution in [0.4, 0.5) is 13.2 Å². The number of rotatable bonds is 4. The van der Waals surface area contributed by atoms with E-state index in [1.165, 1.54) is 18.2 Å². The first-order valence-electron chi connectivity index (χ1n) is 7.51. The average Bonchev–Trinajstić information content (AvgIpc) is 2.59. The first-order valence-corrected chi connectivity index (χ1v) is 9.38. The molecule has 0 spiro atoms. The van der Waals surface area contributed by atoms with E-state index < -0.39 is 21.8 Å². The van der Waals surface area contributed by atoms with Crippen LogP contribution in [0.3, 0.4) is 0 Å². The molecule has 26 heavy (non-hydrogen) atoms. The molecule has 0 heterocycles. The summed E-state index contributed by atoms with van der Waals surface area (Å²) < 4.78 is 66.0. The zero-order chi connectivity index (χ0) is 18.9. The maximum Gasteiger partial charge on any atom is 0.416 e. The largest absolute Gasteiger partial charge is 0.416 e. The van der Waals surface area contributed by atoms with Crippen LogP contribution in [0.25, 0.3) is 10.8 Å².